The van der Waals surface area contributed by atoms with Crippen molar-refractivity contribution >= 4 is 18.4 Å². The van der Waals surface area contributed by atoms with Crippen molar-refractivity contribution in [2.75, 3.05) is 13.1 Å². The maximum atomic E-state index is 2.55. The average Bonchev–Trinajstić information content (AvgIpc) is 2.30. The van der Waals surface area contributed by atoms with Gasteiger partial charge in [-0.05, 0) is 0 Å². The Morgan fingerprint density at radius 3 is 2.35 bits per heavy atom. The molecule has 1 nitrogen and oxygen atoms in total. The molecule has 17 heavy (non-hydrogen) atoms. The Hall–Kier alpha value is -0.281. The van der Waals surface area contributed by atoms with Crippen LogP contribution in [0.3, 0.4) is 0 Å². The van der Waals surface area contributed by atoms with Crippen LogP contribution >= 0.6 is 0 Å². The fraction of sp³-hybridized carbons (Fsp3) is 0.467. The summed E-state index contributed by atoms with van der Waals surface area (Å²) in [6, 6.07) is 10.8. The van der Waals surface area contributed by atoms with Crippen molar-refractivity contribution in [3.63, 3.8) is 0 Å². The van der Waals surface area contributed by atoms with Crippen molar-refractivity contribution in [3.05, 3.63) is 45.6 Å². The van der Waals surface area contributed by atoms with Crippen LogP contribution in [0.5, 0.6) is 0 Å². The summed E-state index contributed by atoms with van der Waals surface area (Å²) in [7, 11) is 0. The standard InChI is InChI=1S/C12H14N.3CH3.Sn/c1-3-7-12(8-4-1)11-13-9-5-2-6-10-13;;;;/h1,3-5,7-8H,6,9-11H2;3*1H3;. The SMILES string of the molecule is [CH3][Sn]([CH3])([CH3])[C]1=CCN(Cc2ccccc2)CC1. The zero-order valence-electron chi connectivity index (χ0n) is 11.2. The number of nitrogens with zero attached hydrogens (tertiary/aromatic N) is 1. The third kappa shape index (κ3) is 3.85. The molecule has 1 aliphatic heterocycles. The van der Waals surface area contributed by atoms with Crippen LogP contribution in [0, 0.1) is 0 Å². The Bertz CT molecular complexity index is 389. The molecule has 0 saturated heterocycles. The first-order valence-electron chi connectivity index (χ1n) is 6.51. The molecule has 2 rings (SSSR count). The quantitative estimate of drug-likeness (QED) is 0.761. The number of hydrogen-bond donors (Lipinski definition) is 0. The van der Waals surface area contributed by atoms with Gasteiger partial charge in [0.25, 0.3) is 0 Å². The van der Waals surface area contributed by atoms with Gasteiger partial charge < -0.3 is 0 Å². The molecule has 0 atom stereocenters. The van der Waals surface area contributed by atoms with Crippen molar-refractivity contribution in [2.45, 2.75) is 27.8 Å². The predicted molar refractivity (Wildman–Crippen MR) is 77.8 cm³/mol. The molecule has 0 saturated carbocycles. The molecule has 0 bridgehead atoms. The molecule has 2 heteroatoms. The fourth-order valence-electron chi connectivity index (χ4n) is 2.38. The molecule has 0 fully saturated rings. The van der Waals surface area contributed by atoms with Gasteiger partial charge in [0, 0.05) is 0 Å². The number of benzene rings is 1. The molecule has 0 aliphatic carbocycles. The van der Waals surface area contributed by atoms with E-state index in [1.807, 2.05) is 3.59 Å². The molecule has 1 aromatic carbocycles. The van der Waals surface area contributed by atoms with Crippen molar-refractivity contribution in [1.29, 1.82) is 0 Å². The maximum absolute atomic E-state index is 2.55. The van der Waals surface area contributed by atoms with E-state index in [4.69, 9.17) is 0 Å². The second-order valence-electron chi connectivity index (χ2n) is 5.95. The van der Waals surface area contributed by atoms with Crippen LogP contribution in [0.4, 0.5) is 0 Å². The molecule has 0 spiro atoms. The van der Waals surface area contributed by atoms with Gasteiger partial charge in [0.2, 0.25) is 0 Å². The zero-order valence-corrected chi connectivity index (χ0v) is 14.1. The molecule has 0 aromatic heterocycles. The molecular formula is C15H23NSn. The van der Waals surface area contributed by atoms with Crippen LogP contribution in [0.1, 0.15) is 12.0 Å². The van der Waals surface area contributed by atoms with E-state index in [-0.39, 0.29) is 0 Å². The summed E-state index contributed by atoms with van der Waals surface area (Å²) >= 11 is -1.76. The molecule has 1 aliphatic rings. The van der Waals surface area contributed by atoms with Crippen molar-refractivity contribution < 1.29 is 0 Å². The monoisotopic (exact) mass is 337 g/mol. The molecule has 0 unspecified atom stereocenters. The predicted octanol–water partition coefficient (Wildman–Crippen LogP) is 3.70. The Kier molecular flexibility index (Phi) is 4.31. The normalized spacial score (nSPS) is 17.9. The van der Waals surface area contributed by atoms with Crippen LogP contribution in [0.25, 0.3) is 0 Å². The van der Waals surface area contributed by atoms with Gasteiger partial charge in [-0.3, -0.25) is 0 Å². The summed E-state index contributed by atoms with van der Waals surface area (Å²) in [5.74, 6) is 0. The topological polar surface area (TPSA) is 3.24 Å². The van der Waals surface area contributed by atoms with Crippen LogP contribution in [-0.4, -0.2) is 36.4 Å². The van der Waals surface area contributed by atoms with E-state index in [0.29, 0.717) is 0 Å². The second kappa shape index (κ2) is 5.57. The first kappa shape index (κ1) is 13.2. The molecule has 1 aromatic rings. The summed E-state index contributed by atoms with van der Waals surface area (Å²) in [4.78, 5) is 10.1. The summed E-state index contributed by atoms with van der Waals surface area (Å²) in [5, 5.41) is 0. The summed E-state index contributed by atoms with van der Waals surface area (Å²) in [6.45, 7) is 3.50. The van der Waals surface area contributed by atoms with Crippen LogP contribution < -0.4 is 0 Å². The first-order valence-corrected chi connectivity index (χ1v) is 16.5. The first-order chi connectivity index (χ1) is 8.05. The van der Waals surface area contributed by atoms with Crippen LogP contribution in [0.2, 0.25) is 14.8 Å². The Labute approximate surface area is 109 Å². The van der Waals surface area contributed by atoms with Gasteiger partial charge in [-0.2, -0.15) is 0 Å². The Morgan fingerprint density at radius 1 is 1.12 bits per heavy atom. The van der Waals surface area contributed by atoms with Gasteiger partial charge in [-0.15, -0.1) is 0 Å². The Balaban J connectivity index is 1.94. The fourth-order valence-corrected chi connectivity index (χ4v) is 6.85. The van der Waals surface area contributed by atoms with Crippen LogP contribution in [-0.2, 0) is 6.54 Å². The van der Waals surface area contributed by atoms with E-state index >= 15 is 0 Å². The van der Waals surface area contributed by atoms with E-state index in [9.17, 15) is 0 Å². The van der Waals surface area contributed by atoms with E-state index in [0.717, 1.165) is 13.1 Å². The van der Waals surface area contributed by atoms with Gasteiger partial charge in [-0.1, -0.05) is 0 Å². The summed E-state index contributed by atoms with van der Waals surface area (Å²) in [5.41, 5.74) is 1.43. The molecule has 1 heterocycles. The average molecular weight is 336 g/mol. The van der Waals surface area contributed by atoms with E-state index < -0.39 is 18.4 Å². The van der Waals surface area contributed by atoms with Crippen molar-refractivity contribution in [1.82, 2.24) is 4.90 Å². The molecule has 92 valence electrons. The summed E-state index contributed by atoms with van der Waals surface area (Å²) in [6.07, 6.45) is 3.83. The third-order valence-corrected chi connectivity index (χ3v) is 10.3. The molecule has 0 radical (unpaired) electrons. The van der Waals surface area contributed by atoms with E-state index in [2.05, 4.69) is 56.1 Å². The minimum absolute atomic E-state index is 1.10. The van der Waals surface area contributed by atoms with Gasteiger partial charge in [0.15, 0.2) is 0 Å². The molecule has 0 amide bonds. The van der Waals surface area contributed by atoms with Crippen molar-refractivity contribution in [2.24, 2.45) is 0 Å². The zero-order chi connectivity index (χ0) is 12.3. The van der Waals surface area contributed by atoms with Gasteiger partial charge in [0.1, 0.15) is 0 Å². The van der Waals surface area contributed by atoms with Gasteiger partial charge in [0.05, 0.1) is 0 Å². The summed E-state index contributed by atoms with van der Waals surface area (Å²) < 4.78 is 1.82. The van der Waals surface area contributed by atoms with Gasteiger partial charge in [-0.25, -0.2) is 0 Å². The number of rotatable bonds is 3. The molecule has 0 N–H and O–H groups in total. The van der Waals surface area contributed by atoms with E-state index in [1.165, 1.54) is 18.5 Å². The Morgan fingerprint density at radius 2 is 1.82 bits per heavy atom. The third-order valence-electron chi connectivity index (χ3n) is 3.51. The van der Waals surface area contributed by atoms with E-state index in [1.54, 1.807) is 0 Å². The minimum atomic E-state index is -1.76. The second-order valence-corrected chi connectivity index (χ2v) is 20.6. The van der Waals surface area contributed by atoms with Crippen LogP contribution in [0.15, 0.2) is 40.0 Å². The molecular weight excluding hydrogens is 313 g/mol. The number of hydrogen-bond acceptors (Lipinski definition) is 1. The van der Waals surface area contributed by atoms with Crippen molar-refractivity contribution in [3.8, 4) is 0 Å². The van der Waals surface area contributed by atoms with Gasteiger partial charge >= 0.3 is 110 Å².